The van der Waals surface area contributed by atoms with Crippen LogP contribution in [0.3, 0.4) is 0 Å². The zero-order chi connectivity index (χ0) is 22.9. The lowest BCUT2D eigenvalue weighted by Crippen LogP contribution is -2.31. The van der Waals surface area contributed by atoms with Crippen molar-refractivity contribution >= 4 is 23.2 Å². The number of anilines is 1. The van der Waals surface area contributed by atoms with Crippen molar-refractivity contribution < 1.29 is 9.53 Å². The highest BCUT2D eigenvalue weighted by atomic mass is 35.5. The molecule has 2 N–H and O–H groups in total. The second kappa shape index (κ2) is 8.64. The van der Waals surface area contributed by atoms with E-state index in [1.54, 1.807) is 15.6 Å². The van der Waals surface area contributed by atoms with Crippen molar-refractivity contribution in [3.63, 3.8) is 0 Å². The van der Waals surface area contributed by atoms with Gasteiger partial charge in [0, 0.05) is 42.0 Å². The van der Waals surface area contributed by atoms with E-state index in [1.807, 2.05) is 73.8 Å². The van der Waals surface area contributed by atoms with Crippen LogP contribution in [0.5, 0.6) is 5.75 Å². The molecule has 0 radical (unpaired) electrons. The fourth-order valence-electron chi connectivity index (χ4n) is 4.17. The van der Waals surface area contributed by atoms with Crippen molar-refractivity contribution in [2.45, 2.75) is 19.7 Å². The Labute approximate surface area is 197 Å². The van der Waals surface area contributed by atoms with Gasteiger partial charge in [-0.15, -0.1) is 0 Å². The molecule has 166 valence electrons. The molecule has 3 aromatic carbocycles. The van der Waals surface area contributed by atoms with Crippen molar-refractivity contribution in [1.29, 1.82) is 0 Å². The number of benzene rings is 3. The first-order chi connectivity index (χ1) is 16.0. The second-order valence-corrected chi connectivity index (χ2v) is 8.55. The first-order valence-corrected chi connectivity index (χ1v) is 11.0. The Kier molecular flexibility index (Phi) is 5.52. The van der Waals surface area contributed by atoms with Crippen LogP contribution in [0.2, 0.25) is 5.02 Å². The van der Waals surface area contributed by atoms with E-state index in [0.29, 0.717) is 29.5 Å². The molecule has 4 aromatic rings. The number of halogens is 1. The number of rotatable bonds is 5. The summed E-state index contributed by atoms with van der Waals surface area (Å²) in [5.74, 6) is 0.582. The molecule has 1 aliphatic heterocycles. The van der Waals surface area contributed by atoms with Crippen LogP contribution in [-0.2, 0) is 26.7 Å². The SMILES string of the molecule is Cn1nc(C(=O)N(Cc2ccccc2)Cc2ccc(N)cc2)c2c1-c1cc(Cl)ccc1OC2. The van der Waals surface area contributed by atoms with Gasteiger partial charge in [0.15, 0.2) is 5.69 Å². The largest absolute Gasteiger partial charge is 0.488 e. The molecule has 0 aliphatic carbocycles. The Morgan fingerprint density at radius 3 is 2.48 bits per heavy atom. The van der Waals surface area contributed by atoms with Gasteiger partial charge in [0.1, 0.15) is 12.4 Å². The van der Waals surface area contributed by atoms with Gasteiger partial charge < -0.3 is 15.4 Å². The minimum Gasteiger partial charge on any atom is -0.488 e. The van der Waals surface area contributed by atoms with E-state index in [9.17, 15) is 4.79 Å². The van der Waals surface area contributed by atoms with Crippen molar-refractivity contribution in [3.05, 3.63) is 100 Å². The molecule has 0 fully saturated rings. The zero-order valence-electron chi connectivity index (χ0n) is 18.2. The first kappa shape index (κ1) is 21.1. The molecule has 1 aromatic heterocycles. The number of ether oxygens (including phenoxy) is 1. The molecular weight excluding hydrogens is 436 g/mol. The van der Waals surface area contributed by atoms with Crippen LogP contribution >= 0.6 is 11.6 Å². The van der Waals surface area contributed by atoms with Gasteiger partial charge in [0.05, 0.1) is 5.69 Å². The first-order valence-electron chi connectivity index (χ1n) is 10.7. The fourth-order valence-corrected chi connectivity index (χ4v) is 4.34. The van der Waals surface area contributed by atoms with E-state index in [0.717, 1.165) is 33.7 Å². The minimum absolute atomic E-state index is 0.151. The number of hydrogen-bond acceptors (Lipinski definition) is 4. The van der Waals surface area contributed by atoms with E-state index in [2.05, 4.69) is 5.10 Å². The average Bonchev–Trinajstić information content (AvgIpc) is 3.17. The Bertz CT molecular complexity index is 1320. The highest BCUT2D eigenvalue weighted by molar-refractivity contribution is 6.31. The van der Waals surface area contributed by atoms with Gasteiger partial charge >= 0.3 is 0 Å². The van der Waals surface area contributed by atoms with Crippen molar-refractivity contribution in [1.82, 2.24) is 14.7 Å². The van der Waals surface area contributed by atoms with Crippen LogP contribution in [0.15, 0.2) is 72.8 Å². The van der Waals surface area contributed by atoms with Crippen LogP contribution < -0.4 is 10.5 Å². The second-order valence-electron chi connectivity index (χ2n) is 8.12. The summed E-state index contributed by atoms with van der Waals surface area (Å²) in [6.45, 7) is 1.17. The van der Waals surface area contributed by atoms with Crippen LogP contribution in [0.25, 0.3) is 11.3 Å². The number of amides is 1. The van der Waals surface area contributed by atoms with Crippen molar-refractivity contribution in [2.75, 3.05) is 5.73 Å². The van der Waals surface area contributed by atoms with Crippen molar-refractivity contribution in [3.8, 4) is 17.0 Å². The fraction of sp³-hybridized carbons (Fsp3) is 0.154. The van der Waals surface area contributed by atoms with E-state index < -0.39 is 0 Å². The van der Waals surface area contributed by atoms with E-state index in [4.69, 9.17) is 22.1 Å². The third-order valence-corrected chi connectivity index (χ3v) is 6.01. The van der Waals surface area contributed by atoms with Gasteiger partial charge in [-0.25, -0.2) is 0 Å². The van der Waals surface area contributed by atoms with Gasteiger partial charge in [-0.1, -0.05) is 54.1 Å². The monoisotopic (exact) mass is 458 g/mol. The summed E-state index contributed by atoms with van der Waals surface area (Å²) in [6.07, 6.45) is 0. The summed E-state index contributed by atoms with van der Waals surface area (Å²) in [7, 11) is 1.84. The number of carbonyl (C=O) groups excluding carboxylic acids is 1. The van der Waals surface area contributed by atoms with Crippen LogP contribution in [0.4, 0.5) is 5.69 Å². The third kappa shape index (κ3) is 4.17. The zero-order valence-corrected chi connectivity index (χ0v) is 18.9. The number of carbonyl (C=O) groups is 1. The van der Waals surface area contributed by atoms with Gasteiger partial charge in [-0.05, 0) is 41.5 Å². The molecule has 0 bridgehead atoms. The molecule has 1 aliphatic rings. The Morgan fingerprint density at radius 1 is 1.06 bits per heavy atom. The lowest BCUT2D eigenvalue weighted by atomic mass is 10.0. The van der Waals surface area contributed by atoms with Crippen LogP contribution in [-0.4, -0.2) is 20.6 Å². The molecule has 1 amide bonds. The maximum Gasteiger partial charge on any atom is 0.275 e. The standard InChI is InChI=1S/C26H23ClN4O2/c1-30-25-21-13-19(27)9-12-23(21)33-16-22(25)24(29-30)26(32)31(14-17-5-3-2-4-6-17)15-18-7-10-20(28)11-8-18/h2-13H,14-16,28H2,1H3. The molecule has 2 heterocycles. The summed E-state index contributed by atoms with van der Waals surface area (Å²) in [5.41, 5.74) is 11.4. The molecule has 33 heavy (non-hydrogen) atoms. The van der Waals surface area contributed by atoms with E-state index in [-0.39, 0.29) is 12.5 Å². The van der Waals surface area contributed by atoms with E-state index in [1.165, 1.54) is 0 Å². The molecular formula is C26H23ClN4O2. The summed E-state index contributed by atoms with van der Waals surface area (Å²) in [4.78, 5) is 15.6. The molecule has 5 rings (SSSR count). The molecule has 0 saturated heterocycles. The predicted molar refractivity (Wildman–Crippen MR) is 129 cm³/mol. The minimum atomic E-state index is -0.151. The lowest BCUT2D eigenvalue weighted by molar-refractivity contribution is 0.0720. The molecule has 0 saturated carbocycles. The maximum atomic E-state index is 13.8. The normalized spacial score (nSPS) is 11.9. The summed E-state index contributed by atoms with van der Waals surface area (Å²) in [6, 6.07) is 23.0. The van der Waals surface area contributed by atoms with Gasteiger partial charge in [0.25, 0.3) is 5.91 Å². The smallest absolute Gasteiger partial charge is 0.275 e. The molecule has 7 heteroatoms. The quantitative estimate of drug-likeness (QED) is 0.424. The highest BCUT2D eigenvalue weighted by Gasteiger charge is 2.31. The van der Waals surface area contributed by atoms with Crippen LogP contribution in [0, 0.1) is 0 Å². The number of nitrogens with two attached hydrogens (primary N) is 1. The molecule has 6 nitrogen and oxygen atoms in total. The summed E-state index contributed by atoms with van der Waals surface area (Å²) < 4.78 is 7.68. The topological polar surface area (TPSA) is 73.4 Å². The number of aromatic nitrogens is 2. The lowest BCUT2D eigenvalue weighted by Gasteiger charge is -2.24. The number of aryl methyl sites for hydroxylation is 1. The van der Waals surface area contributed by atoms with Gasteiger partial charge in [-0.3, -0.25) is 9.48 Å². The maximum absolute atomic E-state index is 13.8. The predicted octanol–water partition coefficient (Wildman–Crippen LogP) is 5.06. The summed E-state index contributed by atoms with van der Waals surface area (Å²) >= 11 is 6.24. The van der Waals surface area contributed by atoms with Gasteiger partial charge in [-0.2, -0.15) is 5.10 Å². The number of nitrogens with zero attached hydrogens (tertiary/aromatic N) is 3. The van der Waals surface area contributed by atoms with Gasteiger partial charge in [0.2, 0.25) is 0 Å². The number of fused-ring (bicyclic) bond motifs is 3. The van der Waals surface area contributed by atoms with E-state index >= 15 is 0 Å². The average molecular weight is 459 g/mol. The highest BCUT2D eigenvalue weighted by Crippen LogP contribution is 2.40. The molecule has 0 atom stereocenters. The Balaban J connectivity index is 1.53. The molecule has 0 spiro atoms. The number of hydrogen-bond donors (Lipinski definition) is 1. The molecule has 0 unspecified atom stereocenters. The Hall–Kier alpha value is -3.77. The number of nitrogen functional groups attached to an aromatic ring is 1. The summed E-state index contributed by atoms with van der Waals surface area (Å²) in [5, 5.41) is 5.23. The Morgan fingerprint density at radius 2 is 1.76 bits per heavy atom. The van der Waals surface area contributed by atoms with Crippen molar-refractivity contribution in [2.24, 2.45) is 7.05 Å². The van der Waals surface area contributed by atoms with Crippen LogP contribution in [0.1, 0.15) is 27.2 Å². The third-order valence-electron chi connectivity index (χ3n) is 5.77.